The number of anilines is 1. The largest absolute Gasteiger partial charge is 0.477 e. The Balaban J connectivity index is 2.29. The number of carboxylic acid groups (broad SMARTS) is 1. The van der Waals surface area contributed by atoms with Crippen molar-refractivity contribution in [3.05, 3.63) is 46.3 Å². The fraction of sp³-hybridized carbons (Fsp3) is 0.143. The molecule has 2 rings (SSSR count). The zero-order chi connectivity index (χ0) is 16.5. The summed E-state index contributed by atoms with van der Waals surface area (Å²) in [5.41, 5.74) is 1.17. The molecule has 1 aromatic heterocycles. The molecule has 0 unspecified atom stereocenters. The Morgan fingerprint density at radius 2 is 1.77 bits per heavy atom. The summed E-state index contributed by atoms with van der Waals surface area (Å²) in [6.07, 6.45) is 0. The number of nitrogens with one attached hydrogen (secondary N) is 1. The summed E-state index contributed by atoms with van der Waals surface area (Å²) in [6.45, 7) is 2.96. The van der Waals surface area contributed by atoms with Gasteiger partial charge in [0.15, 0.2) is 5.78 Å². The van der Waals surface area contributed by atoms with E-state index in [0.29, 0.717) is 28.2 Å². The predicted octanol–water partition coefficient (Wildman–Crippen LogP) is 2.76. The minimum absolute atomic E-state index is 0.00713. The van der Waals surface area contributed by atoms with E-state index in [4.69, 9.17) is 5.11 Å². The number of carboxylic acids is 1. The van der Waals surface area contributed by atoms with Crippen molar-refractivity contribution in [3.8, 4) is 0 Å². The van der Waals surface area contributed by atoms with Gasteiger partial charge in [-0.15, -0.1) is 11.3 Å². The second kappa shape index (κ2) is 5.90. The van der Waals surface area contributed by atoms with Crippen LogP contribution in [0.4, 0.5) is 5.69 Å². The minimum Gasteiger partial charge on any atom is -0.477 e. The van der Waals surface area contributed by atoms with Crippen LogP contribution in [0.15, 0.2) is 34.5 Å². The van der Waals surface area contributed by atoms with Crippen molar-refractivity contribution in [2.75, 3.05) is 4.72 Å². The molecular weight excluding hydrogens is 326 g/mol. The van der Waals surface area contributed by atoms with Crippen LogP contribution in [0.25, 0.3) is 0 Å². The molecule has 1 aromatic carbocycles. The maximum atomic E-state index is 12.2. The second-order valence-corrected chi connectivity index (χ2v) is 7.58. The lowest BCUT2D eigenvalue weighted by Gasteiger charge is -2.06. The molecule has 0 aliphatic rings. The second-order valence-electron chi connectivity index (χ2n) is 4.62. The topological polar surface area (TPSA) is 101 Å². The van der Waals surface area contributed by atoms with Crippen molar-refractivity contribution in [1.29, 1.82) is 0 Å². The van der Waals surface area contributed by atoms with Crippen LogP contribution in [-0.4, -0.2) is 25.3 Å². The molecule has 0 amide bonds. The van der Waals surface area contributed by atoms with Crippen LogP contribution in [0, 0.1) is 6.92 Å². The highest BCUT2D eigenvalue weighted by Crippen LogP contribution is 2.27. The van der Waals surface area contributed by atoms with Gasteiger partial charge in [-0.1, -0.05) is 0 Å². The number of rotatable bonds is 5. The van der Waals surface area contributed by atoms with Gasteiger partial charge in [-0.3, -0.25) is 9.52 Å². The average Bonchev–Trinajstić information content (AvgIpc) is 2.82. The van der Waals surface area contributed by atoms with Gasteiger partial charge in [0.2, 0.25) is 0 Å². The quantitative estimate of drug-likeness (QED) is 0.816. The molecule has 0 saturated heterocycles. The first-order valence-corrected chi connectivity index (χ1v) is 8.48. The molecule has 2 aromatic rings. The maximum absolute atomic E-state index is 12.2. The Morgan fingerprint density at radius 3 is 2.23 bits per heavy atom. The van der Waals surface area contributed by atoms with Crippen LogP contribution in [-0.2, 0) is 10.0 Å². The summed E-state index contributed by atoms with van der Waals surface area (Å²) < 4.78 is 26.8. The lowest BCUT2D eigenvalue weighted by Crippen LogP contribution is -2.11. The fourth-order valence-corrected chi connectivity index (χ4v) is 4.21. The monoisotopic (exact) mass is 339 g/mol. The lowest BCUT2D eigenvalue weighted by atomic mass is 10.1. The zero-order valence-electron chi connectivity index (χ0n) is 11.8. The van der Waals surface area contributed by atoms with E-state index < -0.39 is 16.0 Å². The van der Waals surface area contributed by atoms with Gasteiger partial charge in [0.1, 0.15) is 9.09 Å². The highest BCUT2D eigenvalue weighted by atomic mass is 32.2. The van der Waals surface area contributed by atoms with Crippen molar-refractivity contribution in [1.82, 2.24) is 0 Å². The number of carbonyl (C=O) groups is 2. The summed E-state index contributed by atoms with van der Waals surface area (Å²) in [5.74, 6) is -1.27. The Morgan fingerprint density at radius 1 is 1.18 bits per heavy atom. The van der Waals surface area contributed by atoms with Crippen molar-refractivity contribution >= 4 is 38.8 Å². The molecule has 0 aliphatic heterocycles. The molecule has 22 heavy (non-hydrogen) atoms. The third-order valence-corrected chi connectivity index (χ3v) is 5.98. The van der Waals surface area contributed by atoms with E-state index in [-0.39, 0.29) is 14.9 Å². The van der Waals surface area contributed by atoms with Crippen molar-refractivity contribution in [2.45, 2.75) is 18.1 Å². The molecule has 116 valence electrons. The Bertz CT molecular complexity index is 835. The Kier molecular flexibility index (Phi) is 4.34. The van der Waals surface area contributed by atoms with Crippen molar-refractivity contribution < 1.29 is 23.1 Å². The van der Waals surface area contributed by atoms with Gasteiger partial charge in [-0.25, -0.2) is 13.2 Å². The molecule has 0 spiro atoms. The number of thiophene rings is 1. The maximum Gasteiger partial charge on any atom is 0.346 e. The summed E-state index contributed by atoms with van der Waals surface area (Å²) in [7, 11) is -3.86. The molecule has 0 atom stereocenters. The SMILES string of the molecule is CC(=O)c1ccc(NS(=O)(=O)c2cc(C)c(C(=O)O)s2)cc1. The summed E-state index contributed by atoms with van der Waals surface area (Å²) in [4.78, 5) is 22.2. The van der Waals surface area contributed by atoms with Crippen LogP contribution in [0.2, 0.25) is 0 Å². The van der Waals surface area contributed by atoms with Crippen LogP contribution < -0.4 is 4.72 Å². The number of Topliss-reactive ketones (excluding diaryl/α,β-unsaturated/α-hetero) is 1. The van der Waals surface area contributed by atoms with Gasteiger partial charge < -0.3 is 5.11 Å². The van der Waals surface area contributed by atoms with Crippen molar-refractivity contribution in [3.63, 3.8) is 0 Å². The first kappa shape index (κ1) is 16.2. The number of hydrogen-bond acceptors (Lipinski definition) is 5. The molecular formula is C14H13NO5S2. The molecule has 2 N–H and O–H groups in total. The van der Waals surface area contributed by atoms with E-state index in [0.717, 1.165) is 0 Å². The Hall–Kier alpha value is -2.19. The first-order chi connectivity index (χ1) is 10.2. The first-order valence-electron chi connectivity index (χ1n) is 6.18. The minimum atomic E-state index is -3.86. The van der Waals surface area contributed by atoms with E-state index in [2.05, 4.69) is 4.72 Å². The van der Waals surface area contributed by atoms with Gasteiger partial charge >= 0.3 is 5.97 Å². The molecule has 0 fully saturated rings. The van der Waals surface area contributed by atoms with Crippen molar-refractivity contribution in [2.24, 2.45) is 0 Å². The van der Waals surface area contributed by atoms with E-state index in [1.165, 1.54) is 37.3 Å². The van der Waals surface area contributed by atoms with E-state index in [1.807, 2.05) is 0 Å². The van der Waals surface area contributed by atoms with Crippen LogP contribution in [0.5, 0.6) is 0 Å². The van der Waals surface area contributed by atoms with Crippen LogP contribution in [0.3, 0.4) is 0 Å². The van der Waals surface area contributed by atoms with Crippen LogP contribution >= 0.6 is 11.3 Å². The summed E-state index contributed by atoms with van der Waals surface area (Å²) in [6, 6.07) is 7.31. The fourth-order valence-electron chi connectivity index (χ4n) is 1.78. The van der Waals surface area contributed by atoms with Gasteiger partial charge in [-0.05, 0) is 49.7 Å². The molecule has 0 aliphatic carbocycles. The Labute approximate surface area is 131 Å². The van der Waals surface area contributed by atoms with Gasteiger partial charge in [0, 0.05) is 11.3 Å². The predicted molar refractivity (Wildman–Crippen MR) is 83.3 cm³/mol. The van der Waals surface area contributed by atoms with Crippen LogP contribution in [0.1, 0.15) is 32.5 Å². The molecule has 6 nitrogen and oxygen atoms in total. The van der Waals surface area contributed by atoms with E-state index in [9.17, 15) is 18.0 Å². The number of hydrogen-bond donors (Lipinski definition) is 2. The third-order valence-electron chi connectivity index (χ3n) is 2.90. The number of ketones is 1. The average molecular weight is 339 g/mol. The molecule has 0 saturated carbocycles. The number of sulfonamides is 1. The summed E-state index contributed by atoms with van der Waals surface area (Å²) in [5, 5.41) is 8.98. The molecule has 1 heterocycles. The van der Waals surface area contributed by atoms with E-state index >= 15 is 0 Å². The zero-order valence-corrected chi connectivity index (χ0v) is 13.4. The number of aromatic carboxylic acids is 1. The van der Waals surface area contributed by atoms with E-state index in [1.54, 1.807) is 6.92 Å². The number of benzene rings is 1. The number of aryl methyl sites for hydroxylation is 1. The van der Waals surface area contributed by atoms with Gasteiger partial charge in [0.25, 0.3) is 10.0 Å². The smallest absolute Gasteiger partial charge is 0.346 e. The molecule has 0 radical (unpaired) electrons. The van der Waals surface area contributed by atoms with Gasteiger partial charge in [-0.2, -0.15) is 0 Å². The number of carbonyl (C=O) groups excluding carboxylic acids is 1. The highest BCUT2D eigenvalue weighted by molar-refractivity contribution is 7.94. The molecule has 0 bridgehead atoms. The normalized spacial score (nSPS) is 11.2. The van der Waals surface area contributed by atoms with Gasteiger partial charge in [0.05, 0.1) is 0 Å². The summed E-state index contributed by atoms with van der Waals surface area (Å²) >= 11 is 0.698. The highest BCUT2D eigenvalue weighted by Gasteiger charge is 2.21. The lowest BCUT2D eigenvalue weighted by molar-refractivity contribution is 0.0701. The standard InChI is InChI=1S/C14H13NO5S2/c1-8-7-12(21-13(8)14(17)18)22(19,20)15-11-5-3-10(4-6-11)9(2)16/h3-7,15H,1-2H3,(H,17,18). The molecule has 8 heteroatoms. The third kappa shape index (κ3) is 3.34.